The highest BCUT2D eigenvalue weighted by Gasteiger charge is 2.28. The molecule has 0 bridgehead atoms. The number of hydrogen-bond donors (Lipinski definition) is 2. The van der Waals surface area contributed by atoms with Gasteiger partial charge in [0, 0.05) is 24.9 Å². The second-order valence-electron chi connectivity index (χ2n) is 7.14. The molecule has 1 heterocycles. The number of hydrogen-bond acceptors (Lipinski definition) is 2. The van der Waals surface area contributed by atoms with Crippen molar-refractivity contribution < 1.29 is 9.90 Å². The molecule has 0 aliphatic heterocycles. The highest BCUT2D eigenvalue weighted by molar-refractivity contribution is 5.93. The SMILES string of the molecule is CC(C)(C)C(CCO)NC(=O)c1cccn1C1CCCC1. The van der Waals surface area contributed by atoms with Crippen molar-refractivity contribution in [2.45, 2.75) is 65.0 Å². The summed E-state index contributed by atoms with van der Waals surface area (Å²) < 4.78 is 2.13. The Morgan fingerprint density at radius 1 is 1.43 bits per heavy atom. The summed E-state index contributed by atoms with van der Waals surface area (Å²) >= 11 is 0. The van der Waals surface area contributed by atoms with Crippen LogP contribution in [0.3, 0.4) is 0 Å². The number of carbonyl (C=O) groups excluding carboxylic acids is 1. The predicted molar refractivity (Wildman–Crippen MR) is 84.3 cm³/mol. The summed E-state index contributed by atoms with van der Waals surface area (Å²) in [5, 5.41) is 12.3. The van der Waals surface area contributed by atoms with E-state index in [1.165, 1.54) is 12.8 Å². The van der Waals surface area contributed by atoms with Crippen molar-refractivity contribution >= 4 is 5.91 Å². The van der Waals surface area contributed by atoms with E-state index in [4.69, 9.17) is 0 Å². The third-order valence-corrected chi connectivity index (χ3v) is 4.50. The largest absolute Gasteiger partial charge is 0.396 e. The molecule has 21 heavy (non-hydrogen) atoms. The van der Waals surface area contributed by atoms with Crippen LogP contribution in [0.2, 0.25) is 0 Å². The molecule has 0 spiro atoms. The number of aromatic nitrogens is 1. The Morgan fingerprint density at radius 3 is 2.67 bits per heavy atom. The van der Waals surface area contributed by atoms with Crippen LogP contribution in [0.5, 0.6) is 0 Å². The van der Waals surface area contributed by atoms with E-state index in [-0.39, 0.29) is 24.0 Å². The van der Waals surface area contributed by atoms with E-state index in [9.17, 15) is 9.90 Å². The molecule has 0 aromatic carbocycles. The van der Waals surface area contributed by atoms with E-state index in [1.54, 1.807) is 0 Å². The molecule has 1 aromatic rings. The first-order chi connectivity index (χ1) is 9.93. The van der Waals surface area contributed by atoms with E-state index >= 15 is 0 Å². The molecule has 1 aliphatic carbocycles. The fourth-order valence-corrected chi connectivity index (χ4v) is 3.17. The monoisotopic (exact) mass is 292 g/mol. The average Bonchev–Trinajstić information content (AvgIpc) is 3.07. The quantitative estimate of drug-likeness (QED) is 0.876. The number of amides is 1. The first kappa shape index (κ1) is 16.1. The maximum atomic E-state index is 12.6. The molecule has 4 nitrogen and oxygen atoms in total. The minimum atomic E-state index is -0.0663. The van der Waals surface area contributed by atoms with Gasteiger partial charge in [0.2, 0.25) is 0 Å². The van der Waals surface area contributed by atoms with Crippen LogP contribution < -0.4 is 5.32 Å². The van der Waals surface area contributed by atoms with Gasteiger partial charge in [0.25, 0.3) is 5.91 Å². The van der Waals surface area contributed by atoms with Gasteiger partial charge in [0.1, 0.15) is 5.69 Å². The van der Waals surface area contributed by atoms with E-state index in [0.29, 0.717) is 12.5 Å². The molecule has 0 radical (unpaired) electrons. The van der Waals surface area contributed by atoms with Crippen LogP contribution in [-0.4, -0.2) is 28.2 Å². The zero-order chi connectivity index (χ0) is 15.5. The zero-order valence-corrected chi connectivity index (χ0v) is 13.4. The van der Waals surface area contributed by atoms with Gasteiger partial charge in [-0.3, -0.25) is 4.79 Å². The minimum absolute atomic E-state index is 0.0260. The predicted octanol–water partition coefficient (Wildman–Crippen LogP) is 3.13. The summed E-state index contributed by atoms with van der Waals surface area (Å²) in [6, 6.07) is 4.28. The smallest absolute Gasteiger partial charge is 0.268 e. The van der Waals surface area contributed by atoms with Crippen LogP contribution in [0.1, 0.15) is 69.4 Å². The van der Waals surface area contributed by atoms with Crippen LogP contribution >= 0.6 is 0 Å². The van der Waals surface area contributed by atoms with E-state index < -0.39 is 0 Å². The molecule has 118 valence electrons. The molecule has 0 saturated heterocycles. The molecule has 1 atom stereocenters. The van der Waals surface area contributed by atoms with Crippen LogP contribution in [0.4, 0.5) is 0 Å². The molecule has 1 saturated carbocycles. The Morgan fingerprint density at radius 2 is 2.10 bits per heavy atom. The van der Waals surface area contributed by atoms with Crippen molar-refractivity contribution in [3.63, 3.8) is 0 Å². The van der Waals surface area contributed by atoms with Gasteiger partial charge in [-0.05, 0) is 36.8 Å². The van der Waals surface area contributed by atoms with Gasteiger partial charge in [-0.25, -0.2) is 0 Å². The molecule has 1 amide bonds. The molecule has 1 aromatic heterocycles. The lowest BCUT2D eigenvalue weighted by Gasteiger charge is -2.31. The summed E-state index contributed by atoms with van der Waals surface area (Å²) in [5.41, 5.74) is 0.678. The average molecular weight is 292 g/mol. The van der Waals surface area contributed by atoms with Gasteiger partial charge in [0.05, 0.1) is 0 Å². The molecular formula is C17H28N2O2. The van der Waals surface area contributed by atoms with Gasteiger partial charge >= 0.3 is 0 Å². The van der Waals surface area contributed by atoms with E-state index in [2.05, 4.69) is 30.7 Å². The Hall–Kier alpha value is -1.29. The topological polar surface area (TPSA) is 54.3 Å². The van der Waals surface area contributed by atoms with Crippen molar-refractivity contribution in [2.75, 3.05) is 6.61 Å². The molecule has 4 heteroatoms. The van der Waals surface area contributed by atoms with Crippen LogP contribution in [0, 0.1) is 5.41 Å². The number of rotatable bonds is 5. The minimum Gasteiger partial charge on any atom is -0.396 e. The van der Waals surface area contributed by atoms with Crippen molar-refractivity contribution in [3.8, 4) is 0 Å². The summed E-state index contributed by atoms with van der Waals surface area (Å²) in [6.45, 7) is 6.35. The fraction of sp³-hybridized carbons (Fsp3) is 0.706. The summed E-state index contributed by atoms with van der Waals surface area (Å²) in [4.78, 5) is 12.6. The number of aliphatic hydroxyl groups excluding tert-OH is 1. The van der Waals surface area contributed by atoms with E-state index in [0.717, 1.165) is 18.5 Å². The normalized spacial score (nSPS) is 17.9. The Labute approximate surface area is 127 Å². The number of carbonyl (C=O) groups is 1. The fourth-order valence-electron chi connectivity index (χ4n) is 3.17. The molecule has 1 aliphatic rings. The lowest BCUT2D eigenvalue weighted by molar-refractivity contribution is 0.0873. The third kappa shape index (κ3) is 3.88. The highest BCUT2D eigenvalue weighted by Crippen LogP contribution is 2.31. The summed E-state index contributed by atoms with van der Waals surface area (Å²) in [6.07, 6.45) is 7.42. The lowest BCUT2D eigenvalue weighted by atomic mass is 9.85. The molecule has 2 N–H and O–H groups in total. The third-order valence-electron chi connectivity index (χ3n) is 4.50. The Bertz CT molecular complexity index is 467. The lowest BCUT2D eigenvalue weighted by Crippen LogP contribution is -2.44. The molecule has 1 unspecified atom stereocenters. The summed E-state index contributed by atoms with van der Waals surface area (Å²) in [5.74, 6) is -0.0275. The van der Waals surface area contributed by atoms with Crippen LogP contribution in [-0.2, 0) is 0 Å². The zero-order valence-electron chi connectivity index (χ0n) is 13.4. The molecule has 2 rings (SSSR count). The van der Waals surface area contributed by atoms with Crippen molar-refractivity contribution in [1.29, 1.82) is 0 Å². The first-order valence-electron chi connectivity index (χ1n) is 8.02. The molecule has 1 fully saturated rings. The van der Waals surface area contributed by atoms with Gasteiger partial charge in [-0.2, -0.15) is 0 Å². The van der Waals surface area contributed by atoms with Crippen LogP contribution in [0.15, 0.2) is 18.3 Å². The van der Waals surface area contributed by atoms with Crippen molar-refractivity contribution in [3.05, 3.63) is 24.0 Å². The molecular weight excluding hydrogens is 264 g/mol. The number of nitrogens with zero attached hydrogens (tertiary/aromatic N) is 1. The van der Waals surface area contributed by atoms with E-state index in [1.807, 2.05) is 18.3 Å². The Kier molecular flexibility index (Phi) is 5.09. The van der Waals surface area contributed by atoms with Gasteiger partial charge < -0.3 is 15.0 Å². The van der Waals surface area contributed by atoms with Crippen LogP contribution in [0.25, 0.3) is 0 Å². The Balaban J connectivity index is 2.11. The number of aliphatic hydroxyl groups is 1. The highest BCUT2D eigenvalue weighted by atomic mass is 16.3. The van der Waals surface area contributed by atoms with Gasteiger partial charge in [-0.15, -0.1) is 0 Å². The maximum absolute atomic E-state index is 12.6. The first-order valence-corrected chi connectivity index (χ1v) is 8.02. The second kappa shape index (κ2) is 6.65. The number of nitrogens with one attached hydrogen (secondary N) is 1. The van der Waals surface area contributed by atoms with Crippen molar-refractivity contribution in [2.24, 2.45) is 5.41 Å². The summed E-state index contributed by atoms with van der Waals surface area (Å²) in [7, 11) is 0. The standard InChI is InChI=1S/C17H28N2O2/c1-17(2,3)15(10-12-20)18-16(21)14-9-6-11-19(14)13-7-4-5-8-13/h6,9,11,13,15,20H,4-5,7-8,10,12H2,1-3H3,(H,18,21). The van der Waals surface area contributed by atoms with Gasteiger partial charge in [-0.1, -0.05) is 33.6 Å². The van der Waals surface area contributed by atoms with Crippen molar-refractivity contribution in [1.82, 2.24) is 9.88 Å². The van der Waals surface area contributed by atoms with Gasteiger partial charge in [0.15, 0.2) is 0 Å². The second-order valence-corrected chi connectivity index (χ2v) is 7.14. The maximum Gasteiger partial charge on any atom is 0.268 e.